The first-order chi connectivity index (χ1) is 7.41. The van der Waals surface area contributed by atoms with Gasteiger partial charge in [-0.15, -0.1) is 0 Å². The zero-order valence-electron chi connectivity index (χ0n) is 11.3. The third-order valence-electron chi connectivity index (χ3n) is 4.58. The molecular weight excluding hydrogens is 198 g/mol. The molecule has 2 aliphatic rings. The first-order valence-corrected chi connectivity index (χ1v) is 6.78. The Bertz CT molecular complexity index is 226. The Hall–Kier alpha value is -0.0800. The monoisotopic (exact) mass is 225 g/mol. The van der Waals surface area contributed by atoms with E-state index in [2.05, 4.69) is 33.0 Å². The summed E-state index contributed by atoms with van der Waals surface area (Å²) in [5.74, 6) is 0.888. The van der Waals surface area contributed by atoms with Crippen LogP contribution in [-0.2, 0) is 4.74 Å². The van der Waals surface area contributed by atoms with Crippen molar-refractivity contribution in [3.8, 4) is 0 Å². The molecule has 1 aliphatic heterocycles. The molecule has 0 aromatic heterocycles. The second kappa shape index (κ2) is 4.30. The van der Waals surface area contributed by atoms with Gasteiger partial charge in [-0.3, -0.25) is 0 Å². The minimum Gasteiger partial charge on any atom is -0.375 e. The highest BCUT2D eigenvalue weighted by atomic mass is 16.5. The van der Waals surface area contributed by atoms with Gasteiger partial charge in [0.1, 0.15) is 0 Å². The first-order valence-electron chi connectivity index (χ1n) is 6.78. The predicted molar refractivity (Wildman–Crippen MR) is 67.6 cm³/mol. The van der Waals surface area contributed by atoms with Gasteiger partial charge in [-0.1, -0.05) is 20.8 Å². The number of hydrogen-bond donors (Lipinski definition) is 1. The molecule has 1 N–H and O–H groups in total. The van der Waals surface area contributed by atoms with Crippen molar-refractivity contribution in [2.24, 2.45) is 11.3 Å². The highest BCUT2D eigenvalue weighted by Crippen LogP contribution is 2.42. The molecule has 1 spiro atoms. The highest BCUT2D eigenvalue weighted by molar-refractivity contribution is 4.97. The van der Waals surface area contributed by atoms with E-state index in [0.717, 1.165) is 19.1 Å². The van der Waals surface area contributed by atoms with E-state index < -0.39 is 0 Å². The predicted octanol–water partition coefficient (Wildman–Crippen LogP) is 2.97. The lowest BCUT2D eigenvalue weighted by molar-refractivity contribution is -0.0473. The Morgan fingerprint density at radius 3 is 2.25 bits per heavy atom. The van der Waals surface area contributed by atoms with Crippen LogP contribution in [0, 0.1) is 11.3 Å². The van der Waals surface area contributed by atoms with Gasteiger partial charge in [0.15, 0.2) is 0 Å². The molecule has 2 nitrogen and oxygen atoms in total. The minimum atomic E-state index is 0.314. The fourth-order valence-electron chi connectivity index (χ4n) is 3.13. The van der Waals surface area contributed by atoms with E-state index >= 15 is 0 Å². The second-order valence-corrected chi connectivity index (χ2v) is 6.92. The van der Waals surface area contributed by atoms with Crippen LogP contribution in [0.5, 0.6) is 0 Å². The standard InChI is InChI=1S/C14H27NO/c1-11-9-15-14(10-16-11)7-5-12(6-8-14)13(2,3)4/h11-12,15H,5-10H2,1-4H3. The van der Waals surface area contributed by atoms with Crippen LogP contribution < -0.4 is 5.32 Å². The van der Waals surface area contributed by atoms with Crippen LogP contribution in [0.3, 0.4) is 0 Å². The van der Waals surface area contributed by atoms with Crippen LogP contribution in [0.25, 0.3) is 0 Å². The highest BCUT2D eigenvalue weighted by Gasteiger charge is 2.40. The van der Waals surface area contributed by atoms with Crippen LogP contribution in [-0.4, -0.2) is 24.8 Å². The maximum atomic E-state index is 5.83. The SMILES string of the molecule is CC1CNC2(CCC(C(C)(C)C)CC2)CO1. The van der Waals surface area contributed by atoms with Crippen molar-refractivity contribution < 1.29 is 4.74 Å². The Balaban J connectivity index is 1.89. The number of nitrogens with one attached hydrogen (secondary N) is 1. The number of rotatable bonds is 0. The topological polar surface area (TPSA) is 21.3 Å². The van der Waals surface area contributed by atoms with Crippen LogP contribution in [0.1, 0.15) is 53.4 Å². The minimum absolute atomic E-state index is 0.314. The van der Waals surface area contributed by atoms with Gasteiger partial charge in [-0.05, 0) is 43.9 Å². The summed E-state index contributed by atoms with van der Waals surface area (Å²) in [6.07, 6.45) is 5.69. The van der Waals surface area contributed by atoms with Crippen LogP contribution >= 0.6 is 0 Å². The molecule has 2 rings (SSSR count). The maximum absolute atomic E-state index is 5.83. The maximum Gasteiger partial charge on any atom is 0.0672 e. The van der Waals surface area contributed by atoms with Gasteiger partial charge in [0.25, 0.3) is 0 Å². The summed E-state index contributed by atoms with van der Waals surface area (Å²) in [5, 5.41) is 3.73. The molecule has 16 heavy (non-hydrogen) atoms. The van der Waals surface area contributed by atoms with Crippen molar-refractivity contribution in [1.29, 1.82) is 0 Å². The molecule has 94 valence electrons. The summed E-state index contributed by atoms with van der Waals surface area (Å²) >= 11 is 0. The zero-order chi connectivity index (χ0) is 11.8. The molecule has 2 fully saturated rings. The molecule has 1 saturated heterocycles. The van der Waals surface area contributed by atoms with Crippen molar-refractivity contribution in [2.75, 3.05) is 13.2 Å². The summed E-state index contributed by atoms with van der Waals surface area (Å²) in [6, 6.07) is 0. The van der Waals surface area contributed by atoms with E-state index in [9.17, 15) is 0 Å². The lowest BCUT2D eigenvalue weighted by atomic mass is 9.67. The normalized spacial score (nSPS) is 41.2. The Morgan fingerprint density at radius 2 is 1.81 bits per heavy atom. The molecule has 0 radical (unpaired) electrons. The molecule has 0 bridgehead atoms. The molecule has 0 aromatic carbocycles. The van der Waals surface area contributed by atoms with Crippen molar-refractivity contribution in [3.63, 3.8) is 0 Å². The molecule has 0 amide bonds. The van der Waals surface area contributed by atoms with Crippen LogP contribution in [0.15, 0.2) is 0 Å². The van der Waals surface area contributed by atoms with E-state index in [1.165, 1.54) is 25.7 Å². The molecule has 1 heterocycles. The molecule has 1 aliphatic carbocycles. The number of hydrogen-bond acceptors (Lipinski definition) is 2. The fraction of sp³-hybridized carbons (Fsp3) is 1.00. The van der Waals surface area contributed by atoms with E-state index in [-0.39, 0.29) is 0 Å². The van der Waals surface area contributed by atoms with Gasteiger partial charge >= 0.3 is 0 Å². The average Bonchev–Trinajstić information content (AvgIpc) is 2.22. The molecule has 2 heteroatoms. The van der Waals surface area contributed by atoms with Gasteiger partial charge < -0.3 is 10.1 Å². The van der Waals surface area contributed by atoms with E-state index in [1.54, 1.807) is 0 Å². The van der Waals surface area contributed by atoms with Gasteiger partial charge in [0.2, 0.25) is 0 Å². The molecular formula is C14H27NO. The quantitative estimate of drug-likeness (QED) is 0.684. The van der Waals surface area contributed by atoms with Crippen molar-refractivity contribution in [3.05, 3.63) is 0 Å². The summed E-state index contributed by atoms with van der Waals surface area (Å²) in [4.78, 5) is 0. The largest absolute Gasteiger partial charge is 0.375 e. The van der Waals surface area contributed by atoms with Crippen molar-refractivity contribution in [1.82, 2.24) is 5.32 Å². The fourth-order valence-corrected chi connectivity index (χ4v) is 3.13. The molecule has 0 aromatic rings. The number of morpholine rings is 1. The molecule has 1 atom stereocenters. The van der Waals surface area contributed by atoms with Gasteiger partial charge in [-0.2, -0.15) is 0 Å². The Morgan fingerprint density at radius 1 is 1.19 bits per heavy atom. The zero-order valence-corrected chi connectivity index (χ0v) is 11.3. The van der Waals surface area contributed by atoms with Crippen LogP contribution in [0.2, 0.25) is 0 Å². The first kappa shape index (κ1) is 12.4. The lowest BCUT2D eigenvalue weighted by Crippen LogP contribution is -2.58. The summed E-state index contributed by atoms with van der Waals surface area (Å²) < 4.78 is 5.83. The molecule has 1 unspecified atom stereocenters. The summed E-state index contributed by atoms with van der Waals surface area (Å²) in [7, 11) is 0. The number of ether oxygens (including phenoxy) is 1. The third-order valence-corrected chi connectivity index (χ3v) is 4.58. The van der Waals surface area contributed by atoms with Crippen molar-refractivity contribution >= 4 is 0 Å². The van der Waals surface area contributed by atoms with E-state index in [0.29, 0.717) is 17.1 Å². The summed E-state index contributed by atoms with van der Waals surface area (Å²) in [6.45, 7) is 11.2. The van der Waals surface area contributed by atoms with Gasteiger partial charge in [0, 0.05) is 12.1 Å². The smallest absolute Gasteiger partial charge is 0.0672 e. The van der Waals surface area contributed by atoms with Crippen LogP contribution in [0.4, 0.5) is 0 Å². The average molecular weight is 225 g/mol. The van der Waals surface area contributed by atoms with Gasteiger partial charge in [0.05, 0.1) is 12.7 Å². The summed E-state index contributed by atoms with van der Waals surface area (Å²) in [5.41, 5.74) is 0.790. The Labute approximate surface area is 100 Å². The lowest BCUT2D eigenvalue weighted by Gasteiger charge is -2.47. The second-order valence-electron chi connectivity index (χ2n) is 6.92. The van der Waals surface area contributed by atoms with Gasteiger partial charge in [-0.25, -0.2) is 0 Å². The third kappa shape index (κ3) is 2.60. The van der Waals surface area contributed by atoms with Crippen molar-refractivity contribution in [2.45, 2.75) is 65.0 Å². The Kier molecular flexibility index (Phi) is 3.33. The molecule has 1 saturated carbocycles. The van der Waals surface area contributed by atoms with E-state index in [1.807, 2.05) is 0 Å². The van der Waals surface area contributed by atoms with E-state index in [4.69, 9.17) is 4.74 Å².